The van der Waals surface area contributed by atoms with Gasteiger partial charge in [0, 0.05) is 94.2 Å². The summed E-state index contributed by atoms with van der Waals surface area (Å²) >= 11 is 0. The molecular weight excluding hydrogens is 1510 g/mol. The standard InChI is InChI=1S/C46H80N2O30.2Ac/c1-11-20(53)25(58)29(62)41(66-11)75-35-18(47)39(46(4,5)6)69-16(9-51)33(35)73-44-32(65)37(24(57)15(8-50)70-44)77-40-19(48)36(76-42-30(63)26(59)21(54)12(2)67-42)34(17(10-52)72-40)74-45-38(28(61)23(56)14(7-49)71-45)78-43-31(64)27(60)22(55)13(3)68-43;;/h11-45,47-65H,7-10H2,1-6H3;;/q-2;;/t11?,12?,13?,14?,15?,16?,17?,18?,19?,20-,21-,22+,23+,24+,25?,26?,27?,28?,29?,30?,31?,32?,33+,34+,35?,36?,37?,38?,39-,40+,41-,42-,43+,44+,45+;;/m1../s1. The van der Waals surface area contributed by atoms with Gasteiger partial charge in [0.2, 0.25) is 0 Å². The average molecular weight is 1600 g/mol. The van der Waals surface area contributed by atoms with E-state index in [9.17, 15) is 98.3 Å². The van der Waals surface area contributed by atoms with Crippen molar-refractivity contribution in [1.82, 2.24) is 0 Å². The number of hydrogen-bond acceptors (Lipinski definition) is 30. The summed E-state index contributed by atoms with van der Waals surface area (Å²) in [4.78, 5) is 0. The Morgan fingerprint density at radius 2 is 0.637 bits per heavy atom. The second-order valence-electron chi connectivity index (χ2n) is 22.0. The maximum Gasteiger partial charge on any atom is 0.187 e. The van der Waals surface area contributed by atoms with Crippen molar-refractivity contribution in [2.75, 3.05) is 26.4 Å². The van der Waals surface area contributed by atoms with Crippen LogP contribution >= 0.6 is 0 Å². The first-order valence-corrected chi connectivity index (χ1v) is 25.8. The summed E-state index contributed by atoms with van der Waals surface area (Å²) in [6, 6.07) is -3.50. The van der Waals surface area contributed by atoms with E-state index in [1.807, 2.05) is 0 Å². The van der Waals surface area contributed by atoms with E-state index in [1.54, 1.807) is 20.8 Å². The minimum Gasteiger partial charge on any atom is -0.670 e. The molecule has 0 spiro atoms. The van der Waals surface area contributed by atoms with E-state index in [1.165, 1.54) is 20.8 Å². The van der Waals surface area contributed by atoms with Crippen molar-refractivity contribution in [2.24, 2.45) is 5.41 Å². The summed E-state index contributed by atoms with van der Waals surface area (Å²) in [5.74, 6) is 0. The van der Waals surface area contributed by atoms with Crippen LogP contribution in [0.25, 0.3) is 11.5 Å². The van der Waals surface area contributed by atoms with Crippen molar-refractivity contribution in [2.45, 2.75) is 256 Å². The van der Waals surface area contributed by atoms with Gasteiger partial charge in [0.15, 0.2) is 31.5 Å². The van der Waals surface area contributed by atoms with Crippen molar-refractivity contribution in [3.05, 3.63) is 11.5 Å². The zero-order chi connectivity index (χ0) is 57.7. The van der Waals surface area contributed by atoms with Crippen LogP contribution in [0.5, 0.6) is 0 Å². The third-order valence-electron chi connectivity index (χ3n) is 15.4. The summed E-state index contributed by atoms with van der Waals surface area (Å²) in [5, 5.41) is 184. The van der Waals surface area contributed by atoms with Crippen LogP contribution in [0.4, 0.5) is 0 Å². The van der Waals surface area contributed by atoms with E-state index in [0.717, 1.165) is 0 Å². The number of ether oxygens (including phenoxy) is 13. The van der Waals surface area contributed by atoms with Gasteiger partial charge in [-0.25, -0.2) is 0 Å². The van der Waals surface area contributed by atoms with E-state index in [2.05, 4.69) is 0 Å². The van der Waals surface area contributed by atoms with Gasteiger partial charge in [-0.15, -0.1) is 0 Å². The van der Waals surface area contributed by atoms with Crippen LogP contribution < -0.4 is 0 Å². The SMILES string of the molecule is CC1O[C@H](OC2C([NH-])[C@H](OC3C(O)[C@H](O[C@H]4C(CO)O[C@@H](C(C)(C)C)C([NH-])C4O[C@H]4OC(C)[C@@H](O)C(O)C4O)OC(CO)[C@@H]3O)OC(CO)[C@@H]2O[C@@H]2OC(CO)[C@H](O)C(O)C2O[C@@H]2OC(C)[C@H](O)C(O)C2O)C(O)C(O)[C@@H]1O.[Ac].[Ac]. The molecule has 7 heterocycles. The van der Waals surface area contributed by atoms with Gasteiger partial charge in [0.25, 0.3) is 0 Å². The van der Waals surface area contributed by atoms with Gasteiger partial charge >= 0.3 is 0 Å². The fraction of sp³-hybridized carbons (Fsp3) is 1.00. The molecule has 0 amide bonds. The Morgan fingerprint density at radius 3 is 1.06 bits per heavy atom. The monoisotopic (exact) mass is 1590 g/mol. The van der Waals surface area contributed by atoms with Gasteiger partial charge in [-0.3, -0.25) is 0 Å². The third-order valence-corrected chi connectivity index (χ3v) is 15.4. The van der Waals surface area contributed by atoms with Crippen molar-refractivity contribution < 1.29 is 237 Å². The first-order chi connectivity index (χ1) is 36.6. The number of aliphatic hydroxyl groups is 17. The van der Waals surface area contributed by atoms with Crippen LogP contribution in [0.1, 0.15) is 41.5 Å². The van der Waals surface area contributed by atoms with Crippen LogP contribution in [0.15, 0.2) is 0 Å². The second-order valence-corrected chi connectivity index (χ2v) is 22.0. The van der Waals surface area contributed by atoms with Crippen LogP contribution in [0.3, 0.4) is 0 Å². The van der Waals surface area contributed by atoms with E-state index in [-0.39, 0.29) is 88.1 Å². The Labute approximate surface area is 531 Å². The quantitative estimate of drug-likeness (QED) is 0.0682. The summed E-state index contributed by atoms with van der Waals surface area (Å²) in [6.07, 6.45) is -58.2. The zero-order valence-corrected chi connectivity index (χ0v) is 54.1. The first kappa shape index (κ1) is 72.3. The van der Waals surface area contributed by atoms with Gasteiger partial charge in [0.1, 0.15) is 134 Å². The predicted octanol–water partition coefficient (Wildman–Crippen LogP) is -8.98. The summed E-state index contributed by atoms with van der Waals surface area (Å²) in [6.45, 7) is 5.37. The molecule has 0 aliphatic carbocycles. The molecule has 32 nitrogen and oxygen atoms in total. The molecule has 34 heteroatoms. The summed E-state index contributed by atoms with van der Waals surface area (Å²) in [7, 11) is 0. The molecule has 80 heavy (non-hydrogen) atoms. The molecule has 0 saturated carbocycles. The Hall–Kier alpha value is 1.60. The van der Waals surface area contributed by atoms with Crippen molar-refractivity contribution >= 4 is 0 Å². The van der Waals surface area contributed by atoms with Gasteiger partial charge in [-0.2, -0.15) is 0 Å². The topological polar surface area (TPSA) is 512 Å². The van der Waals surface area contributed by atoms with Gasteiger partial charge in [0.05, 0.1) is 56.9 Å². The molecule has 7 fully saturated rings. The molecule has 19 N–H and O–H groups in total. The van der Waals surface area contributed by atoms with Crippen LogP contribution in [-0.4, -0.2) is 328 Å². The molecule has 0 aromatic heterocycles. The van der Waals surface area contributed by atoms with Gasteiger partial charge in [-0.05, 0) is 26.2 Å². The third kappa shape index (κ3) is 15.2. The van der Waals surface area contributed by atoms with Crippen molar-refractivity contribution in [3.8, 4) is 0 Å². The molecule has 7 rings (SSSR count). The Morgan fingerprint density at radius 1 is 0.312 bits per heavy atom. The summed E-state index contributed by atoms with van der Waals surface area (Å²) < 4.78 is 77.5. The van der Waals surface area contributed by atoms with E-state index in [4.69, 9.17) is 61.6 Å². The minimum atomic E-state index is -2.19. The summed E-state index contributed by atoms with van der Waals surface area (Å²) in [5.41, 5.74) is 18.1. The first-order valence-electron chi connectivity index (χ1n) is 25.8. The second kappa shape index (κ2) is 30.4. The molecule has 7 aliphatic rings. The normalized spacial score (nSPS) is 52.4. The molecule has 7 aliphatic heterocycles. The number of hydrogen-bond donors (Lipinski definition) is 17. The molecule has 2 radical (unpaired) electrons. The Kier molecular flexibility index (Phi) is 27.5. The maximum absolute atomic E-state index is 12.1. The van der Waals surface area contributed by atoms with Gasteiger partial charge in [-0.1, -0.05) is 32.9 Å². The Balaban J connectivity index is 0.00000588. The van der Waals surface area contributed by atoms with E-state index >= 15 is 0 Å². The van der Waals surface area contributed by atoms with Crippen molar-refractivity contribution in [3.63, 3.8) is 0 Å². The number of rotatable bonds is 16. The number of nitrogens with one attached hydrogen (secondary N) is 2. The predicted molar refractivity (Wildman–Crippen MR) is 249 cm³/mol. The molecule has 35 atom stereocenters. The van der Waals surface area contributed by atoms with Crippen LogP contribution in [0.2, 0.25) is 0 Å². The molecule has 0 bridgehead atoms. The molecule has 0 aromatic carbocycles. The molecule has 462 valence electrons. The van der Waals surface area contributed by atoms with Gasteiger partial charge < -0.3 is 160 Å². The van der Waals surface area contributed by atoms with Crippen molar-refractivity contribution in [1.29, 1.82) is 0 Å². The number of aliphatic hydroxyl groups excluding tert-OH is 17. The zero-order valence-electron chi connectivity index (χ0n) is 44.6. The largest absolute Gasteiger partial charge is 0.670 e. The fourth-order valence-electron chi connectivity index (χ4n) is 10.6. The van der Waals surface area contributed by atoms with E-state index in [0.29, 0.717) is 0 Å². The molecular formula is C46H80Ac2N2O30-2. The maximum atomic E-state index is 12.1. The van der Waals surface area contributed by atoms with Crippen LogP contribution in [0, 0.1) is 93.5 Å². The molecule has 21 unspecified atom stereocenters. The molecule has 7 saturated heterocycles. The van der Waals surface area contributed by atoms with Crippen LogP contribution in [-0.2, 0) is 61.6 Å². The van der Waals surface area contributed by atoms with E-state index < -0.39 is 246 Å². The Bertz CT molecular complexity index is 1880. The molecule has 0 aromatic rings. The minimum absolute atomic E-state index is 0. The average Bonchev–Trinajstić information content (AvgIpc) is 3.40. The fourth-order valence-corrected chi connectivity index (χ4v) is 10.6. The smallest absolute Gasteiger partial charge is 0.187 e.